The maximum atomic E-state index is 11.6. The first kappa shape index (κ1) is 14.4. The minimum Gasteiger partial charge on any atom is -0.465 e. The maximum Gasteiger partial charge on any atom is 0.340 e. The SMILES string of the molecule is COC(=O)c1ccccc1N=Cc1ccccc1[N+](=O)[O-]. The molecule has 0 fully saturated rings. The van der Waals surface area contributed by atoms with E-state index in [2.05, 4.69) is 9.73 Å². The highest BCUT2D eigenvalue weighted by atomic mass is 16.6. The Balaban J connectivity index is 2.39. The third-order valence-electron chi connectivity index (χ3n) is 2.79. The summed E-state index contributed by atoms with van der Waals surface area (Å²) < 4.78 is 4.67. The summed E-state index contributed by atoms with van der Waals surface area (Å²) in [5.74, 6) is -0.509. The molecule has 0 bridgehead atoms. The van der Waals surface area contributed by atoms with Gasteiger partial charge in [-0.3, -0.25) is 15.1 Å². The molecule has 0 saturated heterocycles. The molecule has 0 aromatic heterocycles. The second-order valence-corrected chi connectivity index (χ2v) is 4.08. The minimum absolute atomic E-state index is 0.0446. The van der Waals surface area contributed by atoms with Gasteiger partial charge in [0, 0.05) is 12.3 Å². The van der Waals surface area contributed by atoms with Gasteiger partial charge < -0.3 is 4.74 Å². The topological polar surface area (TPSA) is 81.8 Å². The minimum atomic E-state index is -0.509. The zero-order valence-electron chi connectivity index (χ0n) is 11.2. The number of hydrogen-bond acceptors (Lipinski definition) is 5. The average Bonchev–Trinajstić information content (AvgIpc) is 2.52. The van der Waals surface area contributed by atoms with Gasteiger partial charge in [-0.15, -0.1) is 0 Å². The number of nitro groups is 1. The van der Waals surface area contributed by atoms with Gasteiger partial charge in [0.25, 0.3) is 5.69 Å². The van der Waals surface area contributed by atoms with Crippen LogP contribution in [0.4, 0.5) is 11.4 Å². The van der Waals surface area contributed by atoms with Crippen LogP contribution in [0.5, 0.6) is 0 Å². The molecule has 2 aromatic carbocycles. The van der Waals surface area contributed by atoms with Gasteiger partial charge in [-0.1, -0.05) is 24.3 Å². The second kappa shape index (κ2) is 6.42. The first-order valence-electron chi connectivity index (χ1n) is 6.08. The Labute approximate surface area is 120 Å². The van der Waals surface area contributed by atoms with E-state index in [-0.39, 0.29) is 5.69 Å². The van der Waals surface area contributed by atoms with Gasteiger partial charge in [0.05, 0.1) is 28.8 Å². The van der Waals surface area contributed by atoms with Gasteiger partial charge in [0.2, 0.25) is 0 Å². The Morgan fingerprint density at radius 3 is 2.57 bits per heavy atom. The highest BCUT2D eigenvalue weighted by Crippen LogP contribution is 2.21. The van der Waals surface area contributed by atoms with Gasteiger partial charge in [0.1, 0.15) is 0 Å². The predicted octanol–water partition coefficient (Wildman–Crippen LogP) is 3.13. The van der Waals surface area contributed by atoms with E-state index in [0.717, 1.165) is 0 Å². The molecule has 0 unspecified atom stereocenters. The van der Waals surface area contributed by atoms with E-state index in [1.165, 1.54) is 19.4 Å². The molecule has 0 aliphatic heterocycles. The summed E-state index contributed by atoms with van der Waals surface area (Å²) in [5.41, 5.74) is 1.01. The molecule has 106 valence electrons. The summed E-state index contributed by atoms with van der Waals surface area (Å²) in [6.45, 7) is 0. The number of aliphatic imine (C=N–C) groups is 1. The number of rotatable bonds is 4. The van der Waals surface area contributed by atoms with E-state index in [1.807, 2.05) is 0 Å². The number of nitro benzene ring substituents is 1. The molecule has 6 heteroatoms. The Hall–Kier alpha value is -3.02. The van der Waals surface area contributed by atoms with Crippen molar-refractivity contribution in [2.75, 3.05) is 7.11 Å². The van der Waals surface area contributed by atoms with Crippen LogP contribution in [0.3, 0.4) is 0 Å². The summed E-state index contributed by atoms with van der Waals surface area (Å²) in [6.07, 6.45) is 1.36. The zero-order chi connectivity index (χ0) is 15.2. The predicted molar refractivity (Wildman–Crippen MR) is 78.1 cm³/mol. The lowest BCUT2D eigenvalue weighted by Gasteiger charge is -2.02. The summed E-state index contributed by atoms with van der Waals surface area (Å²) in [6, 6.07) is 12.9. The second-order valence-electron chi connectivity index (χ2n) is 4.08. The fourth-order valence-electron chi connectivity index (χ4n) is 1.77. The van der Waals surface area contributed by atoms with Crippen molar-refractivity contribution in [1.82, 2.24) is 0 Å². The molecule has 0 heterocycles. The lowest BCUT2D eigenvalue weighted by atomic mass is 10.1. The fraction of sp³-hybridized carbons (Fsp3) is 0.0667. The monoisotopic (exact) mass is 284 g/mol. The molecule has 0 amide bonds. The molecular weight excluding hydrogens is 272 g/mol. The molecular formula is C15H12N2O4. The van der Waals surface area contributed by atoms with E-state index < -0.39 is 10.9 Å². The normalized spacial score (nSPS) is 10.5. The molecule has 0 saturated carbocycles. The quantitative estimate of drug-likeness (QED) is 0.374. The van der Waals surface area contributed by atoms with Gasteiger partial charge in [-0.05, 0) is 18.2 Å². The molecule has 0 N–H and O–H groups in total. The smallest absolute Gasteiger partial charge is 0.340 e. The number of hydrogen-bond donors (Lipinski definition) is 0. The van der Waals surface area contributed by atoms with Crippen molar-refractivity contribution in [2.45, 2.75) is 0 Å². The highest BCUT2D eigenvalue weighted by Gasteiger charge is 2.12. The number of methoxy groups -OCH3 is 1. The van der Waals surface area contributed by atoms with Gasteiger partial charge in [-0.2, -0.15) is 0 Å². The van der Waals surface area contributed by atoms with Crippen LogP contribution in [0.1, 0.15) is 15.9 Å². The van der Waals surface area contributed by atoms with E-state index in [1.54, 1.807) is 42.5 Å². The average molecular weight is 284 g/mol. The van der Waals surface area contributed by atoms with Crippen molar-refractivity contribution in [3.8, 4) is 0 Å². The van der Waals surface area contributed by atoms with Crippen LogP contribution in [0.15, 0.2) is 53.5 Å². The molecule has 2 aromatic rings. The van der Waals surface area contributed by atoms with Crippen molar-refractivity contribution in [1.29, 1.82) is 0 Å². The van der Waals surface area contributed by atoms with Crippen LogP contribution in [-0.4, -0.2) is 24.2 Å². The summed E-state index contributed by atoms with van der Waals surface area (Å²) in [5, 5.41) is 10.9. The Bertz CT molecular complexity index is 710. The fourth-order valence-corrected chi connectivity index (χ4v) is 1.77. The van der Waals surface area contributed by atoms with E-state index in [4.69, 9.17) is 0 Å². The van der Waals surface area contributed by atoms with Crippen molar-refractivity contribution in [3.63, 3.8) is 0 Å². The number of para-hydroxylation sites is 2. The molecule has 21 heavy (non-hydrogen) atoms. The van der Waals surface area contributed by atoms with Crippen LogP contribution in [0.25, 0.3) is 0 Å². The largest absolute Gasteiger partial charge is 0.465 e. The highest BCUT2D eigenvalue weighted by molar-refractivity contribution is 5.96. The van der Waals surface area contributed by atoms with E-state index in [9.17, 15) is 14.9 Å². The van der Waals surface area contributed by atoms with Crippen LogP contribution < -0.4 is 0 Å². The van der Waals surface area contributed by atoms with Crippen molar-refractivity contribution < 1.29 is 14.5 Å². The van der Waals surface area contributed by atoms with Crippen molar-refractivity contribution in [3.05, 3.63) is 69.8 Å². The third kappa shape index (κ3) is 3.30. The van der Waals surface area contributed by atoms with Crippen LogP contribution in [0, 0.1) is 10.1 Å². The van der Waals surface area contributed by atoms with E-state index >= 15 is 0 Å². The molecule has 0 atom stereocenters. The van der Waals surface area contributed by atoms with Crippen molar-refractivity contribution >= 4 is 23.6 Å². The molecule has 2 rings (SSSR count). The molecule has 6 nitrogen and oxygen atoms in total. The molecule has 0 aliphatic rings. The number of carbonyl (C=O) groups excluding carboxylic acids is 1. The van der Waals surface area contributed by atoms with Crippen molar-refractivity contribution in [2.24, 2.45) is 4.99 Å². The Kier molecular flexibility index (Phi) is 4.40. The number of esters is 1. The summed E-state index contributed by atoms with van der Waals surface area (Å²) in [4.78, 5) is 26.2. The lowest BCUT2D eigenvalue weighted by molar-refractivity contribution is -0.385. The van der Waals surface area contributed by atoms with Crippen LogP contribution in [-0.2, 0) is 4.74 Å². The number of nitrogens with zero attached hydrogens (tertiary/aromatic N) is 2. The van der Waals surface area contributed by atoms with Crippen LogP contribution in [0.2, 0.25) is 0 Å². The number of carbonyl (C=O) groups is 1. The van der Waals surface area contributed by atoms with Gasteiger partial charge in [-0.25, -0.2) is 4.79 Å². The summed E-state index contributed by atoms with van der Waals surface area (Å²) >= 11 is 0. The lowest BCUT2D eigenvalue weighted by Crippen LogP contribution is -2.01. The number of benzene rings is 2. The molecule has 0 radical (unpaired) electrons. The zero-order valence-corrected chi connectivity index (χ0v) is 11.2. The Morgan fingerprint density at radius 1 is 1.19 bits per heavy atom. The van der Waals surface area contributed by atoms with Gasteiger partial charge >= 0.3 is 5.97 Å². The first-order chi connectivity index (χ1) is 10.1. The first-order valence-corrected chi connectivity index (χ1v) is 6.08. The van der Waals surface area contributed by atoms with Crippen LogP contribution >= 0.6 is 0 Å². The summed E-state index contributed by atoms with van der Waals surface area (Å²) in [7, 11) is 1.28. The maximum absolute atomic E-state index is 11.6. The standard InChI is InChI=1S/C15H12N2O4/c1-21-15(18)12-7-3-4-8-13(12)16-10-11-6-2-5-9-14(11)17(19)20/h2-10H,1H3. The molecule has 0 aliphatic carbocycles. The number of ether oxygens (including phenoxy) is 1. The van der Waals surface area contributed by atoms with Gasteiger partial charge in [0.15, 0.2) is 0 Å². The Morgan fingerprint density at radius 2 is 1.86 bits per heavy atom. The molecule has 0 spiro atoms. The van der Waals surface area contributed by atoms with E-state index in [0.29, 0.717) is 16.8 Å². The third-order valence-corrected chi connectivity index (χ3v) is 2.79.